The minimum atomic E-state index is 0. The van der Waals surface area contributed by atoms with E-state index in [1.54, 1.807) is 11.1 Å². The highest BCUT2D eigenvalue weighted by Crippen LogP contribution is 2.60. The van der Waals surface area contributed by atoms with E-state index in [1.807, 2.05) is 6.08 Å². The molecule has 0 bridgehead atoms. The van der Waals surface area contributed by atoms with Crippen LogP contribution in [-0.4, -0.2) is 18.5 Å². The van der Waals surface area contributed by atoms with E-state index in [9.17, 15) is 4.79 Å². The lowest BCUT2D eigenvalue weighted by atomic mass is 9.57. The van der Waals surface area contributed by atoms with Crippen LogP contribution in [-0.2, 0) is 9.53 Å². The molecule has 0 aromatic heterocycles. The Bertz CT molecular complexity index is 562. The molecule has 122 valence electrons. The lowest BCUT2D eigenvalue weighted by molar-refractivity contribution is -0.114. The summed E-state index contributed by atoms with van der Waals surface area (Å²) < 4.78 is 6.10. The van der Waals surface area contributed by atoms with E-state index in [0.717, 1.165) is 37.7 Å². The quantitative estimate of drug-likeness (QED) is 0.729. The lowest BCUT2D eigenvalue weighted by Crippen LogP contribution is -2.42. The minimum absolute atomic E-state index is 0. The molecule has 0 aliphatic heterocycles. The molecule has 0 N–H and O–H groups in total. The maximum Gasteiger partial charge on any atom is 0.156 e. The first-order chi connectivity index (χ1) is 10.6. The van der Waals surface area contributed by atoms with Crippen LogP contribution in [0.4, 0.5) is 0 Å². The number of rotatable bonds is 2. The van der Waals surface area contributed by atoms with Crippen molar-refractivity contribution in [2.75, 3.05) is 6.61 Å². The molecule has 2 fully saturated rings. The fourth-order valence-corrected chi connectivity index (χ4v) is 5.96. The molecule has 22 heavy (non-hydrogen) atoms. The number of hydrogen-bond acceptors (Lipinski definition) is 2. The first kappa shape index (κ1) is 14.7. The van der Waals surface area contributed by atoms with Crippen LogP contribution in [0.1, 0.15) is 66.6 Å². The third kappa shape index (κ3) is 2.06. The summed E-state index contributed by atoms with van der Waals surface area (Å²) in [4.78, 5) is 11.7. The molecule has 0 aromatic rings. The molecule has 0 heterocycles. The largest absolute Gasteiger partial charge is 0.378 e. The molecular formula is C20H30O2. The smallest absolute Gasteiger partial charge is 0.156 e. The zero-order valence-electron chi connectivity index (χ0n) is 14.0. The SMILES string of the molecule is CCO[C@H]1CC[C@H]2C3CCC4=CC(=O)CCC4=C3CC[C@]12C.[HH]. The summed E-state index contributed by atoms with van der Waals surface area (Å²) >= 11 is 0. The van der Waals surface area contributed by atoms with Crippen molar-refractivity contribution in [3.8, 4) is 0 Å². The van der Waals surface area contributed by atoms with Crippen molar-refractivity contribution in [1.82, 2.24) is 0 Å². The molecule has 0 saturated heterocycles. The van der Waals surface area contributed by atoms with Gasteiger partial charge in [0, 0.05) is 14.5 Å². The van der Waals surface area contributed by atoms with Gasteiger partial charge in [0.25, 0.3) is 0 Å². The third-order valence-corrected chi connectivity index (χ3v) is 7.01. The van der Waals surface area contributed by atoms with E-state index in [0.29, 0.717) is 17.3 Å². The molecule has 4 atom stereocenters. The van der Waals surface area contributed by atoms with Crippen molar-refractivity contribution in [1.29, 1.82) is 0 Å². The van der Waals surface area contributed by atoms with Gasteiger partial charge in [-0.25, -0.2) is 0 Å². The molecule has 2 nitrogen and oxygen atoms in total. The summed E-state index contributed by atoms with van der Waals surface area (Å²) in [6.07, 6.45) is 11.6. The average molecular weight is 302 g/mol. The Labute approximate surface area is 135 Å². The Balaban J connectivity index is 0.00000156. The van der Waals surface area contributed by atoms with Gasteiger partial charge in [-0.05, 0) is 86.3 Å². The minimum Gasteiger partial charge on any atom is -0.378 e. The average Bonchev–Trinajstić information content (AvgIpc) is 2.84. The maximum absolute atomic E-state index is 11.7. The Morgan fingerprint density at radius 2 is 2.09 bits per heavy atom. The molecule has 4 aliphatic rings. The van der Waals surface area contributed by atoms with Crippen LogP contribution in [0, 0.1) is 17.3 Å². The number of hydrogen-bond donors (Lipinski definition) is 0. The third-order valence-electron chi connectivity index (χ3n) is 7.01. The number of ketones is 1. The summed E-state index contributed by atoms with van der Waals surface area (Å²) in [5.74, 6) is 1.92. The number of ether oxygens (including phenoxy) is 1. The molecule has 2 heteroatoms. The summed E-state index contributed by atoms with van der Waals surface area (Å²) in [6, 6.07) is 0. The Morgan fingerprint density at radius 1 is 1.23 bits per heavy atom. The zero-order chi connectivity index (χ0) is 15.3. The van der Waals surface area contributed by atoms with Crippen LogP contribution >= 0.6 is 0 Å². The van der Waals surface area contributed by atoms with Crippen LogP contribution in [0.25, 0.3) is 0 Å². The van der Waals surface area contributed by atoms with Crippen molar-refractivity contribution in [2.45, 2.75) is 71.3 Å². The molecule has 1 unspecified atom stereocenters. The highest BCUT2D eigenvalue weighted by molar-refractivity contribution is 5.93. The van der Waals surface area contributed by atoms with Crippen molar-refractivity contribution >= 4 is 5.78 Å². The summed E-state index contributed by atoms with van der Waals surface area (Å²) in [5, 5.41) is 0. The van der Waals surface area contributed by atoms with Gasteiger partial charge in [-0.15, -0.1) is 0 Å². The monoisotopic (exact) mass is 302 g/mol. The molecule has 4 aliphatic carbocycles. The summed E-state index contributed by atoms with van der Waals surface area (Å²) in [5.41, 5.74) is 5.07. The van der Waals surface area contributed by atoms with Gasteiger partial charge in [0.05, 0.1) is 6.10 Å². The Morgan fingerprint density at radius 3 is 2.91 bits per heavy atom. The first-order valence-corrected chi connectivity index (χ1v) is 9.20. The number of allylic oxidation sites excluding steroid dienone is 4. The number of carbonyl (C=O) groups excluding carboxylic acids is 1. The van der Waals surface area contributed by atoms with Crippen LogP contribution in [0.15, 0.2) is 22.8 Å². The predicted octanol–water partition coefficient (Wildman–Crippen LogP) is 4.84. The van der Waals surface area contributed by atoms with E-state index in [4.69, 9.17) is 4.74 Å². The van der Waals surface area contributed by atoms with E-state index in [-0.39, 0.29) is 1.43 Å². The highest BCUT2D eigenvalue weighted by atomic mass is 16.5. The first-order valence-electron chi connectivity index (χ1n) is 9.20. The van der Waals surface area contributed by atoms with Crippen LogP contribution in [0.3, 0.4) is 0 Å². The van der Waals surface area contributed by atoms with E-state index < -0.39 is 0 Å². The van der Waals surface area contributed by atoms with Gasteiger partial charge in [0.2, 0.25) is 0 Å². The van der Waals surface area contributed by atoms with Gasteiger partial charge in [-0.1, -0.05) is 12.5 Å². The van der Waals surface area contributed by atoms with Crippen LogP contribution < -0.4 is 0 Å². The van der Waals surface area contributed by atoms with E-state index in [1.165, 1.54) is 37.7 Å². The van der Waals surface area contributed by atoms with Gasteiger partial charge in [0.1, 0.15) is 0 Å². The van der Waals surface area contributed by atoms with Crippen molar-refractivity contribution in [3.63, 3.8) is 0 Å². The lowest BCUT2D eigenvalue weighted by Gasteiger charge is -2.49. The second kappa shape index (κ2) is 5.33. The standard InChI is InChI=1S/C20H28O2.H2/c1-3-22-19-9-8-18-17-6-4-13-12-14(21)5-7-15(13)16(17)10-11-20(18,19)2;/h12,17-19H,3-11H2,1-2H3;1H/t17?,18-,19-,20-;/m0./s1. The van der Waals surface area contributed by atoms with Gasteiger partial charge >= 0.3 is 0 Å². The predicted molar refractivity (Wildman–Crippen MR) is 89.7 cm³/mol. The van der Waals surface area contributed by atoms with Gasteiger partial charge < -0.3 is 4.74 Å². The molecule has 0 amide bonds. The second-order valence-corrected chi connectivity index (χ2v) is 7.92. The molecule has 4 rings (SSSR count). The van der Waals surface area contributed by atoms with Gasteiger partial charge in [-0.2, -0.15) is 0 Å². The number of carbonyl (C=O) groups is 1. The maximum atomic E-state index is 11.7. The van der Waals surface area contributed by atoms with Crippen LogP contribution in [0.5, 0.6) is 0 Å². The molecule has 2 saturated carbocycles. The van der Waals surface area contributed by atoms with Crippen molar-refractivity contribution in [2.24, 2.45) is 17.3 Å². The van der Waals surface area contributed by atoms with Gasteiger partial charge in [0.15, 0.2) is 5.78 Å². The van der Waals surface area contributed by atoms with Crippen molar-refractivity contribution in [3.05, 3.63) is 22.8 Å². The number of fused-ring (bicyclic) bond motifs is 4. The summed E-state index contributed by atoms with van der Waals surface area (Å²) in [6.45, 7) is 5.46. The normalized spacial score (nSPS) is 40.9. The van der Waals surface area contributed by atoms with Crippen molar-refractivity contribution < 1.29 is 11.0 Å². The Kier molecular flexibility index (Phi) is 3.56. The summed E-state index contributed by atoms with van der Waals surface area (Å²) in [7, 11) is 0. The zero-order valence-corrected chi connectivity index (χ0v) is 14.0. The molecule has 0 spiro atoms. The Hall–Kier alpha value is -0.890. The molecular weight excluding hydrogens is 272 g/mol. The fourth-order valence-electron chi connectivity index (χ4n) is 5.96. The van der Waals surface area contributed by atoms with E-state index in [2.05, 4.69) is 13.8 Å². The van der Waals surface area contributed by atoms with Gasteiger partial charge in [-0.3, -0.25) is 4.79 Å². The molecule has 0 radical (unpaired) electrons. The fraction of sp³-hybridized carbons (Fsp3) is 0.750. The van der Waals surface area contributed by atoms with E-state index >= 15 is 0 Å². The topological polar surface area (TPSA) is 26.3 Å². The second-order valence-electron chi connectivity index (χ2n) is 7.92. The van der Waals surface area contributed by atoms with Crippen LogP contribution in [0.2, 0.25) is 0 Å². The molecule has 0 aromatic carbocycles. The highest BCUT2D eigenvalue weighted by Gasteiger charge is 2.53.